The molecule has 3 rings (SSSR count). The topological polar surface area (TPSA) is 90.2 Å². The maximum Gasteiger partial charge on any atom is 0.263 e. The highest BCUT2D eigenvalue weighted by Gasteiger charge is 2.30. The zero-order valence-corrected chi connectivity index (χ0v) is 23.3. The van der Waals surface area contributed by atoms with E-state index in [2.05, 4.69) is 26.1 Å². The van der Waals surface area contributed by atoms with Gasteiger partial charge in [-0.3, -0.25) is 28.3 Å². The maximum absolute atomic E-state index is 13.7. The number of nitrogens with zero attached hydrogens (tertiary/aromatic N) is 2. The number of rotatable bonds is 13. The van der Waals surface area contributed by atoms with Crippen LogP contribution in [-0.4, -0.2) is 15.2 Å². The minimum atomic E-state index is -0.492. The lowest BCUT2D eigenvalue weighted by molar-refractivity contribution is 0.469. The van der Waals surface area contributed by atoms with E-state index in [0.29, 0.717) is 12.8 Å². The van der Waals surface area contributed by atoms with Crippen molar-refractivity contribution >= 4 is 38.8 Å². The highest BCUT2D eigenvalue weighted by molar-refractivity contribution is 6.42. The van der Waals surface area contributed by atoms with Gasteiger partial charge in [0.05, 0.1) is 32.3 Å². The Bertz CT molecular complexity index is 1330. The molecule has 1 aromatic carbocycles. The molecule has 0 aliphatic rings. The number of unbranched alkanes of at least 4 members (excludes halogenated alkanes) is 3. The van der Waals surface area contributed by atoms with Crippen molar-refractivity contribution in [3.63, 3.8) is 0 Å². The van der Waals surface area contributed by atoms with Crippen molar-refractivity contribution in [1.29, 1.82) is 0 Å². The summed E-state index contributed by atoms with van der Waals surface area (Å²) in [6.45, 7) is 11.9. The fraction of sp³-hybridized carbons (Fsp3) is 0.643. The van der Waals surface area contributed by atoms with Gasteiger partial charge in [0.15, 0.2) is 0 Å². The summed E-state index contributed by atoms with van der Waals surface area (Å²) in [4.78, 5) is 54.6. The van der Waals surface area contributed by atoms with Crippen LogP contribution in [-0.2, 0) is 0 Å². The van der Waals surface area contributed by atoms with Gasteiger partial charge >= 0.3 is 0 Å². The van der Waals surface area contributed by atoms with Crippen molar-refractivity contribution in [2.75, 3.05) is 5.32 Å². The van der Waals surface area contributed by atoms with Gasteiger partial charge in [-0.2, -0.15) is 0 Å². The molecule has 0 radical (unpaired) electrons. The van der Waals surface area contributed by atoms with Crippen LogP contribution < -0.4 is 27.6 Å². The van der Waals surface area contributed by atoms with Crippen LogP contribution >= 0.6 is 11.6 Å². The second-order valence-corrected chi connectivity index (χ2v) is 10.7. The lowest BCUT2D eigenvalue weighted by atomic mass is 10.1. The first-order chi connectivity index (χ1) is 17.1. The van der Waals surface area contributed by atoms with E-state index in [1.54, 1.807) is 0 Å². The number of hydrogen-bond donors (Lipinski definition) is 1. The van der Waals surface area contributed by atoms with Crippen LogP contribution in [0.1, 0.15) is 111 Å². The molecule has 0 amide bonds. The molecule has 3 atom stereocenters. The first-order valence-corrected chi connectivity index (χ1v) is 13.9. The van der Waals surface area contributed by atoms with Crippen molar-refractivity contribution in [1.82, 2.24) is 9.13 Å². The molecule has 0 aliphatic heterocycles. The van der Waals surface area contributed by atoms with E-state index in [1.807, 2.05) is 20.8 Å². The number of anilines is 1. The third-order valence-corrected chi connectivity index (χ3v) is 7.76. The molecule has 2 aromatic heterocycles. The smallest absolute Gasteiger partial charge is 0.263 e. The lowest BCUT2D eigenvalue weighted by Gasteiger charge is -2.16. The Morgan fingerprint density at radius 1 is 0.639 bits per heavy atom. The van der Waals surface area contributed by atoms with E-state index in [-0.39, 0.29) is 50.4 Å². The van der Waals surface area contributed by atoms with Crippen LogP contribution in [0.3, 0.4) is 0 Å². The molecular weight excluding hydrogens is 478 g/mol. The normalized spacial score (nSPS) is 14.5. The maximum atomic E-state index is 13.7. The van der Waals surface area contributed by atoms with E-state index in [9.17, 15) is 19.2 Å². The number of nitrogens with one attached hydrogen (secondary N) is 1. The molecule has 8 heteroatoms. The molecule has 0 aliphatic carbocycles. The van der Waals surface area contributed by atoms with Gasteiger partial charge in [0, 0.05) is 18.1 Å². The van der Waals surface area contributed by atoms with Crippen LogP contribution in [0.4, 0.5) is 5.69 Å². The fourth-order valence-electron chi connectivity index (χ4n) is 5.25. The molecule has 0 spiro atoms. The molecule has 0 saturated heterocycles. The molecule has 36 heavy (non-hydrogen) atoms. The number of halogens is 1. The van der Waals surface area contributed by atoms with Crippen LogP contribution in [0.2, 0.25) is 5.02 Å². The Morgan fingerprint density at radius 3 is 1.39 bits per heavy atom. The zero-order valence-electron chi connectivity index (χ0n) is 22.5. The Hall–Kier alpha value is -2.41. The largest absolute Gasteiger partial charge is 0.381 e. The summed E-state index contributed by atoms with van der Waals surface area (Å²) < 4.78 is 2.50. The van der Waals surface area contributed by atoms with Crippen LogP contribution in [0.15, 0.2) is 19.2 Å². The summed E-state index contributed by atoms with van der Waals surface area (Å²) in [7, 11) is 0. The number of hydrogen-bond acceptors (Lipinski definition) is 5. The van der Waals surface area contributed by atoms with E-state index in [1.165, 1.54) is 9.13 Å². The third-order valence-electron chi connectivity index (χ3n) is 7.38. The summed E-state index contributed by atoms with van der Waals surface area (Å²) in [5.41, 5.74) is -1.61. The quantitative estimate of drug-likeness (QED) is 0.297. The molecule has 3 aromatic rings. The summed E-state index contributed by atoms with van der Waals surface area (Å²) in [6.07, 6.45) is 7.78. The summed E-state index contributed by atoms with van der Waals surface area (Å²) >= 11 is 6.73. The standard InChI is InChI=1S/C28H40ClN3O4/c1-7-10-13-16(4)30-24-21-19(25(33)31(27(21)35)17(5)14-11-8-2)23(29)20-22(24)28(36)32(26(20)34)18(6)15-12-9-3/h16-18,30H,7-15H2,1-6H3. The zero-order chi connectivity index (χ0) is 26.7. The van der Waals surface area contributed by atoms with Crippen LogP contribution in [0.25, 0.3) is 21.5 Å². The summed E-state index contributed by atoms with van der Waals surface area (Å²) in [5.74, 6) is 0. The Labute approximate surface area is 217 Å². The van der Waals surface area contributed by atoms with Crippen LogP contribution in [0, 0.1) is 0 Å². The average molecular weight is 518 g/mol. The van der Waals surface area contributed by atoms with Crippen LogP contribution in [0.5, 0.6) is 0 Å². The Balaban J connectivity index is 2.43. The highest BCUT2D eigenvalue weighted by Crippen LogP contribution is 2.35. The molecule has 7 nitrogen and oxygen atoms in total. The Kier molecular flexibility index (Phi) is 9.20. The van der Waals surface area contributed by atoms with Crippen molar-refractivity contribution in [2.24, 2.45) is 0 Å². The molecule has 2 heterocycles. The summed E-state index contributed by atoms with van der Waals surface area (Å²) in [5, 5.41) is 3.60. The second-order valence-electron chi connectivity index (χ2n) is 10.3. The van der Waals surface area contributed by atoms with Gasteiger partial charge in [0.25, 0.3) is 22.2 Å². The monoisotopic (exact) mass is 517 g/mol. The predicted molar refractivity (Wildman–Crippen MR) is 151 cm³/mol. The molecule has 3 unspecified atom stereocenters. The molecule has 1 N–H and O–H groups in total. The fourth-order valence-corrected chi connectivity index (χ4v) is 5.60. The molecule has 198 valence electrons. The van der Waals surface area contributed by atoms with E-state index in [4.69, 9.17) is 11.6 Å². The van der Waals surface area contributed by atoms with Crippen molar-refractivity contribution in [2.45, 2.75) is 117 Å². The minimum absolute atomic E-state index is 0.0400. The van der Waals surface area contributed by atoms with Crippen molar-refractivity contribution in [3.8, 4) is 0 Å². The molecule has 0 fully saturated rings. The highest BCUT2D eigenvalue weighted by atomic mass is 35.5. The van der Waals surface area contributed by atoms with E-state index >= 15 is 0 Å². The van der Waals surface area contributed by atoms with Crippen molar-refractivity contribution < 1.29 is 0 Å². The molecule has 0 bridgehead atoms. The first-order valence-electron chi connectivity index (χ1n) is 13.5. The summed E-state index contributed by atoms with van der Waals surface area (Å²) in [6, 6.07) is -0.695. The van der Waals surface area contributed by atoms with Crippen molar-refractivity contribution in [3.05, 3.63) is 46.4 Å². The average Bonchev–Trinajstić information content (AvgIpc) is 3.26. The first kappa shape index (κ1) is 28.2. The lowest BCUT2D eigenvalue weighted by Crippen LogP contribution is -2.29. The van der Waals surface area contributed by atoms with Gasteiger partial charge in [-0.1, -0.05) is 70.9 Å². The molecule has 0 saturated carbocycles. The molecular formula is C28H40ClN3O4. The second kappa shape index (κ2) is 11.8. The predicted octanol–water partition coefficient (Wildman–Crippen LogP) is 6.06. The SMILES string of the molecule is CCCCC(C)Nc1c2c(=O)n(C(C)CCCC)c(=O)c2c(Cl)c2c(=O)n(C(C)CCCC)c(=O)c12. The number of aromatic nitrogens is 2. The van der Waals surface area contributed by atoms with Gasteiger partial charge < -0.3 is 5.32 Å². The van der Waals surface area contributed by atoms with E-state index in [0.717, 1.165) is 44.9 Å². The third kappa shape index (κ3) is 4.91. The number of benzene rings is 1. The van der Waals surface area contributed by atoms with Gasteiger partial charge in [-0.15, -0.1) is 0 Å². The Morgan fingerprint density at radius 2 is 1.00 bits per heavy atom. The van der Waals surface area contributed by atoms with Gasteiger partial charge in [0.2, 0.25) is 0 Å². The minimum Gasteiger partial charge on any atom is -0.381 e. The van der Waals surface area contributed by atoms with Gasteiger partial charge in [0.1, 0.15) is 0 Å². The van der Waals surface area contributed by atoms with Gasteiger partial charge in [-0.25, -0.2) is 0 Å². The number of fused-ring (bicyclic) bond motifs is 2. The van der Waals surface area contributed by atoms with Gasteiger partial charge in [-0.05, 0) is 40.0 Å². The van der Waals surface area contributed by atoms with E-state index < -0.39 is 22.2 Å².